The molecule has 0 atom stereocenters. The van der Waals surface area contributed by atoms with Crippen LogP contribution in [0.3, 0.4) is 0 Å². The van der Waals surface area contributed by atoms with Gasteiger partial charge < -0.3 is 14.8 Å². The number of nitrogens with one attached hydrogen (secondary N) is 1. The normalized spacial score (nSPS) is 10.7. The summed E-state index contributed by atoms with van der Waals surface area (Å²) in [5.74, 6) is 0.534. The van der Waals surface area contributed by atoms with Crippen molar-refractivity contribution in [3.8, 4) is 34.0 Å². The molecule has 34 heavy (non-hydrogen) atoms. The Labute approximate surface area is 197 Å². The van der Waals surface area contributed by atoms with E-state index in [4.69, 9.17) is 9.47 Å². The Morgan fingerprint density at radius 1 is 1.03 bits per heavy atom. The Morgan fingerprint density at radius 3 is 2.50 bits per heavy atom. The maximum absolute atomic E-state index is 14.0. The number of hydrogen-bond donors (Lipinski definition) is 1. The number of nitrogens with zero attached hydrogens (tertiary/aromatic N) is 3. The van der Waals surface area contributed by atoms with Gasteiger partial charge in [-0.15, -0.1) is 0 Å². The zero-order valence-electron chi connectivity index (χ0n) is 19.4. The Hall–Kier alpha value is -4.20. The number of rotatable bonds is 7. The highest BCUT2D eigenvalue weighted by atomic mass is 19.1. The Morgan fingerprint density at radius 2 is 1.82 bits per heavy atom. The maximum atomic E-state index is 14.0. The van der Waals surface area contributed by atoms with Gasteiger partial charge in [-0.1, -0.05) is 12.1 Å². The molecule has 0 saturated heterocycles. The van der Waals surface area contributed by atoms with Gasteiger partial charge in [0.05, 0.1) is 25.5 Å². The number of carbonyl (C=O) groups excluding carboxylic acids is 1. The topological polar surface area (TPSA) is 78.3 Å². The van der Waals surface area contributed by atoms with E-state index in [0.717, 1.165) is 11.1 Å². The monoisotopic (exact) mass is 460 g/mol. The lowest BCUT2D eigenvalue weighted by Crippen LogP contribution is -2.24. The van der Waals surface area contributed by atoms with Gasteiger partial charge in [-0.05, 0) is 60.0 Å². The summed E-state index contributed by atoms with van der Waals surface area (Å²) in [6.07, 6.45) is 3.29. The lowest BCUT2D eigenvalue weighted by atomic mass is 10.0. The lowest BCUT2D eigenvalue weighted by molar-refractivity contribution is 0.0951. The molecule has 0 unspecified atom stereocenters. The molecule has 0 aliphatic carbocycles. The number of ether oxygens (including phenoxy) is 2. The van der Waals surface area contributed by atoms with E-state index in [-0.39, 0.29) is 18.3 Å². The molecule has 4 aromatic rings. The fraction of sp³-hybridized carbons (Fsp3) is 0.192. The molecule has 4 rings (SSSR count). The van der Waals surface area contributed by atoms with Crippen molar-refractivity contribution in [2.24, 2.45) is 7.05 Å². The number of halogens is 1. The number of methoxy groups -OCH3 is 2. The van der Waals surface area contributed by atoms with Crippen molar-refractivity contribution >= 4 is 5.91 Å². The molecule has 1 N–H and O–H groups in total. The fourth-order valence-electron chi connectivity index (χ4n) is 3.78. The molecule has 0 fully saturated rings. The van der Waals surface area contributed by atoms with Crippen LogP contribution >= 0.6 is 0 Å². The van der Waals surface area contributed by atoms with Gasteiger partial charge in [-0.2, -0.15) is 5.10 Å². The van der Waals surface area contributed by atoms with Crippen molar-refractivity contribution in [2.45, 2.75) is 13.5 Å². The first-order chi connectivity index (χ1) is 16.4. The quantitative estimate of drug-likeness (QED) is 0.438. The summed E-state index contributed by atoms with van der Waals surface area (Å²) in [6.45, 7) is 2.09. The van der Waals surface area contributed by atoms with Crippen molar-refractivity contribution in [1.29, 1.82) is 0 Å². The van der Waals surface area contributed by atoms with Crippen LogP contribution in [0.1, 0.15) is 21.5 Å². The van der Waals surface area contributed by atoms with Crippen LogP contribution in [0.15, 0.2) is 60.9 Å². The smallest absolute Gasteiger partial charge is 0.253 e. The van der Waals surface area contributed by atoms with Gasteiger partial charge in [0, 0.05) is 31.5 Å². The second kappa shape index (κ2) is 9.74. The van der Waals surface area contributed by atoms with Crippen molar-refractivity contribution in [3.05, 3.63) is 83.4 Å². The van der Waals surface area contributed by atoms with Crippen molar-refractivity contribution in [1.82, 2.24) is 20.1 Å². The molecule has 0 radical (unpaired) electrons. The largest absolute Gasteiger partial charge is 0.493 e. The summed E-state index contributed by atoms with van der Waals surface area (Å²) < 4.78 is 26.3. The summed E-state index contributed by atoms with van der Waals surface area (Å²) in [5, 5.41) is 7.14. The lowest BCUT2D eigenvalue weighted by Gasteiger charge is -2.13. The average molecular weight is 461 g/mol. The van der Waals surface area contributed by atoms with E-state index in [1.807, 2.05) is 25.1 Å². The third kappa shape index (κ3) is 4.76. The molecule has 2 aromatic heterocycles. The first kappa shape index (κ1) is 23.0. The maximum Gasteiger partial charge on any atom is 0.253 e. The van der Waals surface area contributed by atoms with E-state index < -0.39 is 0 Å². The van der Waals surface area contributed by atoms with Crippen molar-refractivity contribution < 1.29 is 18.7 Å². The minimum atomic E-state index is -0.342. The number of aryl methyl sites for hydroxylation is 2. The van der Waals surface area contributed by atoms with Crippen molar-refractivity contribution in [2.75, 3.05) is 14.2 Å². The number of carbonyl (C=O) groups is 1. The van der Waals surface area contributed by atoms with E-state index in [1.165, 1.54) is 12.1 Å². The first-order valence-corrected chi connectivity index (χ1v) is 10.6. The van der Waals surface area contributed by atoms with Crippen LogP contribution < -0.4 is 14.8 Å². The van der Waals surface area contributed by atoms with Crippen molar-refractivity contribution in [3.63, 3.8) is 0 Å². The van der Waals surface area contributed by atoms with Crippen LogP contribution in [0, 0.1) is 12.7 Å². The van der Waals surface area contributed by atoms with Crippen LogP contribution in [0.2, 0.25) is 0 Å². The van der Waals surface area contributed by atoms with Crippen LogP contribution in [-0.2, 0) is 13.6 Å². The summed E-state index contributed by atoms with van der Waals surface area (Å²) in [6, 6.07) is 13.7. The van der Waals surface area contributed by atoms with Gasteiger partial charge in [-0.25, -0.2) is 4.39 Å². The highest BCUT2D eigenvalue weighted by molar-refractivity contribution is 6.00. The van der Waals surface area contributed by atoms with Crippen LogP contribution in [-0.4, -0.2) is 34.9 Å². The molecule has 174 valence electrons. The van der Waals surface area contributed by atoms with Crippen LogP contribution in [0.5, 0.6) is 11.5 Å². The van der Waals surface area contributed by atoms with Gasteiger partial charge in [0.15, 0.2) is 11.5 Å². The average Bonchev–Trinajstić information content (AvgIpc) is 3.26. The summed E-state index contributed by atoms with van der Waals surface area (Å²) in [4.78, 5) is 17.9. The van der Waals surface area contributed by atoms with Crippen LogP contribution in [0.25, 0.3) is 22.5 Å². The minimum absolute atomic E-state index is 0.271. The zero-order chi connectivity index (χ0) is 24.2. The van der Waals surface area contributed by atoms with E-state index >= 15 is 0 Å². The number of pyridine rings is 1. The van der Waals surface area contributed by atoms with E-state index in [0.29, 0.717) is 39.6 Å². The van der Waals surface area contributed by atoms with Gasteiger partial charge in [0.25, 0.3) is 5.91 Å². The summed E-state index contributed by atoms with van der Waals surface area (Å²) in [5.41, 5.74) is 4.46. The highest BCUT2D eigenvalue weighted by Crippen LogP contribution is 2.29. The fourth-order valence-corrected chi connectivity index (χ4v) is 3.78. The first-order valence-electron chi connectivity index (χ1n) is 10.6. The van der Waals surface area contributed by atoms with E-state index in [1.54, 1.807) is 56.5 Å². The molecule has 2 aromatic carbocycles. The standard InChI is InChI=1S/C26H25FN4O3/c1-16-9-18(12-20(27)10-16)19-13-21(25(28-15-19)22-7-8-30-31(22)2)26(32)29-14-17-5-6-23(33-3)24(11-17)34-4/h5-13,15H,14H2,1-4H3,(H,29,32). The number of amides is 1. The summed E-state index contributed by atoms with van der Waals surface area (Å²) in [7, 11) is 4.91. The van der Waals surface area contributed by atoms with Gasteiger partial charge in [-0.3, -0.25) is 14.5 Å². The molecule has 0 spiro atoms. The molecule has 0 aliphatic rings. The third-order valence-electron chi connectivity index (χ3n) is 5.47. The molecule has 2 heterocycles. The predicted octanol–water partition coefficient (Wildman–Crippen LogP) is 4.54. The van der Waals surface area contributed by atoms with Gasteiger partial charge >= 0.3 is 0 Å². The molecule has 7 nitrogen and oxygen atoms in total. The third-order valence-corrected chi connectivity index (χ3v) is 5.47. The molecular weight excluding hydrogens is 435 g/mol. The van der Waals surface area contributed by atoms with Crippen LogP contribution in [0.4, 0.5) is 4.39 Å². The molecular formula is C26H25FN4O3. The highest BCUT2D eigenvalue weighted by Gasteiger charge is 2.19. The van der Waals surface area contributed by atoms with Gasteiger partial charge in [0.2, 0.25) is 0 Å². The Balaban J connectivity index is 1.69. The number of hydrogen-bond acceptors (Lipinski definition) is 5. The Bertz CT molecular complexity index is 1330. The molecule has 0 bridgehead atoms. The van der Waals surface area contributed by atoms with E-state index in [9.17, 15) is 9.18 Å². The number of benzene rings is 2. The zero-order valence-corrected chi connectivity index (χ0v) is 19.4. The number of aromatic nitrogens is 3. The SMILES string of the molecule is COc1ccc(CNC(=O)c2cc(-c3cc(C)cc(F)c3)cnc2-c2ccnn2C)cc1OC. The molecule has 1 amide bonds. The second-order valence-corrected chi connectivity index (χ2v) is 7.85. The molecule has 0 saturated carbocycles. The second-order valence-electron chi connectivity index (χ2n) is 7.85. The van der Waals surface area contributed by atoms with E-state index in [2.05, 4.69) is 15.4 Å². The summed E-state index contributed by atoms with van der Waals surface area (Å²) >= 11 is 0. The molecule has 8 heteroatoms. The molecule has 0 aliphatic heterocycles. The minimum Gasteiger partial charge on any atom is -0.493 e. The Kier molecular flexibility index (Phi) is 6.58. The predicted molar refractivity (Wildman–Crippen MR) is 127 cm³/mol. The van der Waals surface area contributed by atoms with Gasteiger partial charge in [0.1, 0.15) is 11.5 Å².